The van der Waals surface area contributed by atoms with Crippen molar-refractivity contribution in [2.24, 2.45) is 5.73 Å². The van der Waals surface area contributed by atoms with Gasteiger partial charge in [-0.15, -0.1) is 0 Å². The number of carbonyl (C=O) groups excluding carboxylic acids is 2. The average Bonchev–Trinajstić information content (AvgIpc) is 2.75. The van der Waals surface area contributed by atoms with Crippen LogP contribution in [0.25, 0.3) is 0 Å². The first-order chi connectivity index (χ1) is 8.58. The molecule has 2 N–H and O–H groups in total. The van der Waals surface area contributed by atoms with Gasteiger partial charge in [0.2, 0.25) is 0 Å². The van der Waals surface area contributed by atoms with Crippen LogP contribution in [0.3, 0.4) is 0 Å². The van der Waals surface area contributed by atoms with Gasteiger partial charge in [-0.2, -0.15) is 0 Å². The van der Waals surface area contributed by atoms with E-state index in [9.17, 15) is 9.59 Å². The van der Waals surface area contributed by atoms with E-state index in [-0.39, 0.29) is 13.0 Å². The molecule has 0 radical (unpaired) electrons. The summed E-state index contributed by atoms with van der Waals surface area (Å²) >= 11 is 0. The molecule has 0 saturated carbocycles. The Kier molecular flexibility index (Phi) is 6.32. The number of nitrogens with two attached hydrogens (primary N) is 1. The highest BCUT2D eigenvalue weighted by atomic mass is 16.6. The van der Waals surface area contributed by atoms with Gasteiger partial charge in [-0.3, -0.25) is 9.59 Å². The van der Waals surface area contributed by atoms with Crippen LogP contribution in [0.1, 0.15) is 26.2 Å². The fourth-order valence-electron chi connectivity index (χ4n) is 1.59. The zero-order chi connectivity index (χ0) is 13.4. The van der Waals surface area contributed by atoms with Crippen LogP contribution in [0.4, 0.5) is 0 Å². The third-order valence-corrected chi connectivity index (χ3v) is 2.40. The molecule has 1 aliphatic rings. The van der Waals surface area contributed by atoms with Crippen LogP contribution in [-0.4, -0.2) is 31.2 Å². The zero-order valence-electron chi connectivity index (χ0n) is 10.6. The standard InChI is InChI=1S/C13H19NO4/c1-10(15)18-13(16)8-12(14)9-17-7-6-11-4-2-3-5-11/h2,4-5,12H,3,6-9,14H2,1H3. The molecule has 0 aromatic heterocycles. The summed E-state index contributed by atoms with van der Waals surface area (Å²) in [7, 11) is 0. The molecule has 0 saturated heterocycles. The minimum Gasteiger partial charge on any atom is -0.393 e. The van der Waals surface area contributed by atoms with Crippen molar-refractivity contribution in [2.45, 2.75) is 32.2 Å². The third-order valence-electron chi connectivity index (χ3n) is 2.40. The van der Waals surface area contributed by atoms with Crippen LogP contribution in [0.5, 0.6) is 0 Å². The van der Waals surface area contributed by atoms with E-state index in [1.54, 1.807) is 0 Å². The van der Waals surface area contributed by atoms with Gasteiger partial charge in [0.15, 0.2) is 0 Å². The maximum Gasteiger partial charge on any atom is 0.315 e. The van der Waals surface area contributed by atoms with Gasteiger partial charge in [0, 0.05) is 13.0 Å². The normalized spacial score (nSPS) is 15.3. The van der Waals surface area contributed by atoms with Crippen LogP contribution in [0.2, 0.25) is 0 Å². The lowest BCUT2D eigenvalue weighted by atomic mass is 10.2. The Morgan fingerprint density at radius 2 is 2.28 bits per heavy atom. The molecule has 0 amide bonds. The van der Waals surface area contributed by atoms with E-state index in [4.69, 9.17) is 10.5 Å². The topological polar surface area (TPSA) is 78.6 Å². The van der Waals surface area contributed by atoms with Crippen molar-refractivity contribution >= 4 is 11.9 Å². The molecular weight excluding hydrogens is 234 g/mol. The molecule has 0 heterocycles. The first-order valence-electron chi connectivity index (χ1n) is 5.98. The Morgan fingerprint density at radius 1 is 1.50 bits per heavy atom. The molecule has 0 aromatic rings. The molecule has 1 aliphatic carbocycles. The van der Waals surface area contributed by atoms with Crippen LogP contribution in [-0.2, 0) is 19.1 Å². The number of hydrogen-bond acceptors (Lipinski definition) is 5. The van der Waals surface area contributed by atoms with Crippen molar-refractivity contribution in [2.75, 3.05) is 13.2 Å². The number of rotatable bonds is 7. The SMILES string of the molecule is CC(=O)OC(=O)CC(N)COCCC1=CCC=C1. The first-order valence-corrected chi connectivity index (χ1v) is 5.98. The smallest absolute Gasteiger partial charge is 0.315 e. The quantitative estimate of drug-likeness (QED) is 0.417. The lowest BCUT2D eigenvalue weighted by molar-refractivity contribution is -0.158. The second-order valence-corrected chi connectivity index (χ2v) is 4.17. The van der Waals surface area contributed by atoms with E-state index in [0.29, 0.717) is 6.61 Å². The lowest BCUT2D eigenvalue weighted by Gasteiger charge is -2.10. The largest absolute Gasteiger partial charge is 0.393 e. The van der Waals surface area contributed by atoms with Gasteiger partial charge >= 0.3 is 11.9 Å². The number of esters is 2. The third kappa shape index (κ3) is 6.32. The molecule has 5 nitrogen and oxygen atoms in total. The molecule has 100 valence electrons. The van der Waals surface area contributed by atoms with E-state index < -0.39 is 18.0 Å². The van der Waals surface area contributed by atoms with Crippen molar-refractivity contribution in [1.82, 2.24) is 0 Å². The summed E-state index contributed by atoms with van der Waals surface area (Å²) < 4.78 is 9.75. The fraction of sp³-hybridized carbons (Fsp3) is 0.538. The maximum absolute atomic E-state index is 11.1. The molecule has 18 heavy (non-hydrogen) atoms. The van der Waals surface area contributed by atoms with Gasteiger partial charge in [0.05, 0.1) is 19.6 Å². The Bertz CT molecular complexity index is 360. The number of carbonyl (C=O) groups is 2. The Morgan fingerprint density at radius 3 is 2.89 bits per heavy atom. The Labute approximate surface area is 107 Å². The fourth-order valence-corrected chi connectivity index (χ4v) is 1.59. The number of hydrogen-bond donors (Lipinski definition) is 1. The second kappa shape index (κ2) is 7.79. The molecule has 0 aromatic carbocycles. The van der Waals surface area contributed by atoms with E-state index in [0.717, 1.165) is 12.8 Å². The van der Waals surface area contributed by atoms with Crippen molar-refractivity contribution < 1.29 is 19.1 Å². The van der Waals surface area contributed by atoms with E-state index in [1.165, 1.54) is 12.5 Å². The van der Waals surface area contributed by atoms with Gasteiger partial charge in [-0.25, -0.2) is 0 Å². The first kappa shape index (κ1) is 14.6. The monoisotopic (exact) mass is 253 g/mol. The predicted octanol–water partition coefficient (Wildman–Crippen LogP) is 1.09. The van der Waals surface area contributed by atoms with Crippen LogP contribution >= 0.6 is 0 Å². The molecule has 0 spiro atoms. The lowest BCUT2D eigenvalue weighted by Crippen LogP contribution is -2.30. The summed E-state index contributed by atoms with van der Waals surface area (Å²) in [6.07, 6.45) is 8.15. The van der Waals surface area contributed by atoms with Crippen molar-refractivity contribution in [3.05, 3.63) is 23.8 Å². The van der Waals surface area contributed by atoms with Gasteiger partial charge in [-0.1, -0.05) is 18.2 Å². The maximum atomic E-state index is 11.1. The summed E-state index contributed by atoms with van der Waals surface area (Å²) in [6, 6.07) is -0.440. The van der Waals surface area contributed by atoms with Gasteiger partial charge in [0.25, 0.3) is 0 Å². The molecule has 5 heteroatoms. The summed E-state index contributed by atoms with van der Waals surface area (Å²) in [5.74, 6) is -1.23. The van der Waals surface area contributed by atoms with E-state index in [1.807, 2.05) is 0 Å². The molecule has 0 aliphatic heterocycles. The summed E-state index contributed by atoms with van der Waals surface area (Å²) in [5.41, 5.74) is 6.94. The van der Waals surface area contributed by atoms with Gasteiger partial charge in [0.1, 0.15) is 0 Å². The molecule has 0 bridgehead atoms. The van der Waals surface area contributed by atoms with Crippen LogP contribution in [0.15, 0.2) is 23.8 Å². The summed E-state index contributed by atoms with van der Waals surface area (Å²) in [4.78, 5) is 21.6. The highest BCUT2D eigenvalue weighted by Gasteiger charge is 2.12. The Balaban J connectivity index is 2.05. The Hall–Kier alpha value is -1.46. The average molecular weight is 253 g/mol. The zero-order valence-corrected chi connectivity index (χ0v) is 10.6. The molecular formula is C13H19NO4. The molecule has 1 rings (SSSR count). The predicted molar refractivity (Wildman–Crippen MR) is 66.6 cm³/mol. The minimum absolute atomic E-state index is 0.0117. The van der Waals surface area contributed by atoms with Crippen molar-refractivity contribution in [3.8, 4) is 0 Å². The highest BCUT2D eigenvalue weighted by molar-refractivity contribution is 5.84. The van der Waals surface area contributed by atoms with Gasteiger partial charge < -0.3 is 15.2 Å². The van der Waals surface area contributed by atoms with Crippen molar-refractivity contribution in [1.29, 1.82) is 0 Å². The summed E-state index contributed by atoms with van der Waals surface area (Å²) in [6.45, 7) is 2.04. The highest BCUT2D eigenvalue weighted by Crippen LogP contribution is 2.12. The molecule has 1 atom stereocenters. The molecule has 0 fully saturated rings. The van der Waals surface area contributed by atoms with Crippen LogP contribution in [0, 0.1) is 0 Å². The number of ether oxygens (including phenoxy) is 2. The second-order valence-electron chi connectivity index (χ2n) is 4.17. The molecule has 1 unspecified atom stereocenters. The van der Waals surface area contributed by atoms with Crippen molar-refractivity contribution in [3.63, 3.8) is 0 Å². The van der Waals surface area contributed by atoms with E-state index >= 15 is 0 Å². The number of allylic oxidation sites excluding steroid dienone is 3. The van der Waals surface area contributed by atoms with E-state index in [2.05, 4.69) is 23.0 Å². The van der Waals surface area contributed by atoms with Crippen LogP contribution < -0.4 is 5.73 Å². The minimum atomic E-state index is -0.618. The van der Waals surface area contributed by atoms with Gasteiger partial charge in [-0.05, 0) is 18.4 Å². The summed E-state index contributed by atoms with van der Waals surface area (Å²) in [5, 5.41) is 0.